The summed E-state index contributed by atoms with van der Waals surface area (Å²) in [7, 11) is 1.64. The Balaban J connectivity index is 2.12. The second kappa shape index (κ2) is 6.09. The van der Waals surface area contributed by atoms with Crippen LogP contribution in [-0.2, 0) is 0 Å². The van der Waals surface area contributed by atoms with E-state index in [0.29, 0.717) is 22.0 Å². The summed E-state index contributed by atoms with van der Waals surface area (Å²) in [4.78, 5) is 13.5. The molecule has 0 radical (unpaired) electrons. The third-order valence-electron chi connectivity index (χ3n) is 2.76. The van der Waals surface area contributed by atoms with Gasteiger partial charge in [0, 0.05) is 23.4 Å². The van der Waals surface area contributed by atoms with E-state index in [2.05, 4.69) is 5.32 Å². The number of benzene rings is 2. The van der Waals surface area contributed by atoms with Crippen molar-refractivity contribution in [3.8, 4) is 6.07 Å². The van der Waals surface area contributed by atoms with Crippen LogP contribution in [0.25, 0.3) is 0 Å². The Labute approximate surface area is 122 Å². The second-order valence-corrected chi connectivity index (χ2v) is 4.59. The van der Waals surface area contributed by atoms with Crippen molar-refractivity contribution in [3.05, 3.63) is 59.1 Å². The van der Waals surface area contributed by atoms with Crippen LogP contribution >= 0.6 is 11.6 Å². The van der Waals surface area contributed by atoms with Crippen LogP contribution in [0.3, 0.4) is 0 Å². The number of hydrogen-bond acceptors (Lipinski definition) is 2. The number of halogens is 1. The van der Waals surface area contributed by atoms with Crippen molar-refractivity contribution < 1.29 is 4.79 Å². The molecule has 0 atom stereocenters. The molecular weight excluding hydrogens is 274 g/mol. The minimum atomic E-state index is -0.289. The molecule has 1 N–H and O–H groups in total. The number of urea groups is 1. The summed E-state index contributed by atoms with van der Waals surface area (Å²) in [6.07, 6.45) is 0. The Bertz CT molecular complexity index is 662. The molecular formula is C15H12ClN3O. The molecule has 0 saturated carbocycles. The van der Waals surface area contributed by atoms with Gasteiger partial charge in [0.15, 0.2) is 0 Å². The number of nitrogens with one attached hydrogen (secondary N) is 1. The Morgan fingerprint density at radius 1 is 1.25 bits per heavy atom. The number of hydrogen-bond donors (Lipinski definition) is 1. The molecule has 20 heavy (non-hydrogen) atoms. The van der Waals surface area contributed by atoms with E-state index in [0.717, 1.165) is 0 Å². The van der Waals surface area contributed by atoms with Crippen LogP contribution in [0, 0.1) is 11.3 Å². The minimum absolute atomic E-state index is 0.289. The van der Waals surface area contributed by atoms with Gasteiger partial charge in [-0.2, -0.15) is 5.26 Å². The van der Waals surface area contributed by atoms with Gasteiger partial charge in [-0.25, -0.2) is 4.79 Å². The molecule has 0 bridgehead atoms. The van der Waals surface area contributed by atoms with Crippen molar-refractivity contribution in [1.82, 2.24) is 0 Å². The Morgan fingerprint density at radius 2 is 1.95 bits per heavy atom. The van der Waals surface area contributed by atoms with Gasteiger partial charge in [-0.3, -0.25) is 4.90 Å². The third kappa shape index (κ3) is 3.28. The molecule has 100 valence electrons. The van der Waals surface area contributed by atoms with E-state index in [4.69, 9.17) is 16.9 Å². The van der Waals surface area contributed by atoms with Crippen molar-refractivity contribution in [2.45, 2.75) is 0 Å². The molecule has 0 heterocycles. The standard InChI is InChI=1S/C15H12ClN3O/c1-19(14-4-2-3-11(9-14)10-17)15(20)18-13-7-5-12(16)6-8-13/h2-9H,1H3,(H,18,20). The van der Waals surface area contributed by atoms with Crippen LogP contribution in [0.1, 0.15) is 5.56 Å². The van der Waals surface area contributed by atoms with E-state index in [1.165, 1.54) is 4.90 Å². The maximum Gasteiger partial charge on any atom is 0.326 e. The number of nitrogens with zero attached hydrogens (tertiary/aromatic N) is 2. The molecule has 0 aliphatic heterocycles. The Morgan fingerprint density at radius 3 is 2.60 bits per heavy atom. The summed E-state index contributed by atoms with van der Waals surface area (Å²) in [5, 5.41) is 12.2. The van der Waals surface area contributed by atoms with Gasteiger partial charge in [0.25, 0.3) is 0 Å². The third-order valence-corrected chi connectivity index (χ3v) is 3.01. The molecule has 5 heteroatoms. The maximum absolute atomic E-state index is 12.1. The number of carbonyl (C=O) groups excluding carboxylic acids is 1. The summed E-state index contributed by atoms with van der Waals surface area (Å²) in [5.41, 5.74) is 1.81. The van der Waals surface area contributed by atoms with Crippen molar-refractivity contribution in [3.63, 3.8) is 0 Å². The zero-order chi connectivity index (χ0) is 14.5. The average molecular weight is 286 g/mol. The fourth-order valence-corrected chi connectivity index (χ4v) is 1.77. The zero-order valence-corrected chi connectivity index (χ0v) is 11.6. The summed E-state index contributed by atoms with van der Waals surface area (Å²) < 4.78 is 0. The van der Waals surface area contributed by atoms with Gasteiger partial charge in [-0.15, -0.1) is 0 Å². The van der Waals surface area contributed by atoms with E-state index < -0.39 is 0 Å². The lowest BCUT2D eigenvalue weighted by Crippen LogP contribution is -2.31. The van der Waals surface area contributed by atoms with Crippen molar-refractivity contribution in [2.75, 3.05) is 17.3 Å². The molecule has 0 unspecified atom stereocenters. The first-order chi connectivity index (χ1) is 9.60. The Hall–Kier alpha value is -2.51. The van der Waals surface area contributed by atoms with Crippen LogP contribution in [0.4, 0.5) is 16.2 Å². The highest BCUT2D eigenvalue weighted by molar-refractivity contribution is 6.30. The highest BCUT2D eigenvalue weighted by Gasteiger charge is 2.11. The first-order valence-corrected chi connectivity index (χ1v) is 6.28. The molecule has 0 aromatic heterocycles. The van der Waals surface area contributed by atoms with E-state index >= 15 is 0 Å². The fourth-order valence-electron chi connectivity index (χ4n) is 1.64. The minimum Gasteiger partial charge on any atom is -0.308 e. The smallest absolute Gasteiger partial charge is 0.308 e. The molecule has 0 fully saturated rings. The van der Waals surface area contributed by atoms with Crippen molar-refractivity contribution >= 4 is 29.0 Å². The highest BCUT2D eigenvalue weighted by atomic mass is 35.5. The van der Waals surface area contributed by atoms with Gasteiger partial charge in [-0.1, -0.05) is 17.7 Å². The SMILES string of the molecule is CN(C(=O)Nc1ccc(Cl)cc1)c1cccc(C#N)c1. The molecule has 0 aliphatic carbocycles. The lowest BCUT2D eigenvalue weighted by molar-refractivity contribution is 0.258. The zero-order valence-electron chi connectivity index (χ0n) is 10.8. The lowest BCUT2D eigenvalue weighted by Gasteiger charge is -2.18. The molecule has 4 nitrogen and oxygen atoms in total. The molecule has 0 saturated heterocycles. The van der Waals surface area contributed by atoms with E-state index in [1.54, 1.807) is 55.6 Å². The number of carbonyl (C=O) groups is 1. The van der Waals surface area contributed by atoms with Gasteiger partial charge < -0.3 is 5.32 Å². The van der Waals surface area contributed by atoms with E-state index in [9.17, 15) is 4.79 Å². The van der Waals surface area contributed by atoms with Crippen LogP contribution < -0.4 is 10.2 Å². The number of nitriles is 1. The van der Waals surface area contributed by atoms with Crippen LogP contribution in [-0.4, -0.2) is 13.1 Å². The average Bonchev–Trinajstić information content (AvgIpc) is 2.48. The fraction of sp³-hybridized carbons (Fsp3) is 0.0667. The first kappa shape index (κ1) is 13.9. The quantitative estimate of drug-likeness (QED) is 0.910. The molecule has 2 aromatic carbocycles. The molecule has 0 spiro atoms. The molecule has 2 rings (SSSR count). The predicted octanol–water partition coefficient (Wildman–Crippen LogP) is 3.88. The monoisotopic (exact) mass is 285 g/mol. The van der Waals surface area contributed by atoms with Crippen LogP contribution in [0.2, 0.25) is 5.02 Å². The first-order valence-electron chi connectivity index (χ1n) is 5.90. The van der Waals surface area contributed by atoms with Crippen molar-refractivity contribution in [1.29, 1.82) is 5.26 Å². The van der Waals surface area contributed by atoms with Crippen LogP contribution in [0.5, 0.6) is 0 Å². The maximum atomic E-state index is 12.1. The highest BCUT2D eigenvalue weighted by Crippen LogP contribution is 2.17. The molecule has 2 aromatic rings. The second-order valence-electron chi connectivity index (χ2n) is 4.16. The predicted molar refractivity (Wildman–Crippen MR) is 80.0 cm³/mol. The van der Waals surface area contributed by atoms with Gasteiger partial charge in [0.1, 0.15) is 0 Å². The van der Waals surface area contributed by atoms with Crippen molar-refractivity contribution in [2.24, 2.45) is 0 Å². The molecule has 0 aliphatic rings. The molecule has 2 amide bonds. The summed E-state index contributed by atoms with van der Waals surface area (Å²) >= 11 is 5.79. The number of anilines is 2. The van der Waals surface area contributed by atoms with Crippen LogP contribution in [0.15, 0.2) is 48.5 Å². The number of rotatable bonds is 2. The van der Waals surface area contributed by atoms with E-state index in [-0.39, 0.29) is 6.03 Å². The summed E-state index contributed by atoms with van der Waals surface area (Å²) in [6.45, 7) is 0. The summed E-state index contributed by atoms with van der Waals surface area (Å²) in [6, 6.07) is 15.4. The van der Waals surface area contributed by atoms with Gasteiger partial charge in [0.2, 0.25) is 0 Å². The van der Waals surface area contributed by atoms with Gasteiger partial charge >= 0.3 is 6.03 Å². The largest absolute Gasteiger partial charge is 0.326 e. The number of amides is 2. The lowest BCUT2D eigenvalue weighted by atomic mass is 10.2. The topological polar surface area (TPSA) is 56.1 Å². The van der Waals surface area contributed by atoms with Gasteiger partial charge in [-0.05, 0) is 42.5 Å². The normalized spacial score (nSPS) is 9.65. The van der Waals surface area contributed by atoms with Gasteiger partial charge in [0.05, 0.1) is 11.6 Å². The Kier molecular flexibility index (Phi) is 4.24. The van der Waals surface area contributed by atoms with E-state index in [1.807, 2.05) is 6.07 Å². The summed E-state index contributed by atoms with van der Waals surface area (Å²) in [5.74, 6) is 0.